The minimum Gasteiger partial charge on any atom is -0.481 e. The molecule has 198 valence electrons. The molecule has 1 amide bonds. The van der Waals surface area contributed by atoms with E-state index in [0.29, 0.717) is 29.0 Å². The average Bonchev–Trinajstić information content (AvgIpc) is 3.31. The summed E-state index contributed by atoms with van der Waals surface area (Å²) in [4.78, 5) is 26.6. The van der Waals surface area contributed by atoms with Crippen LogP contribution >= 0.6 is 11.3 Å². The van der Waals surface area contributed by atoms with Crippen LogP contribution in [0, 0.1) is 0 Å². The summed E-state index contributed by atoms with van der Waals surface area (Å²) in [6.45, 7) is 4.20. The Labute approximate surface area is 215 Å². The van der Waals surface area contributed by atoms with Gasteiger partial charge in [0.2, 0.25) is 11.8 Å². The van der Waals surface area contributed by atoms with E-state index < -0.39 is 23.2 Å². The van der Waals surface area contributed by atoms with Crippen molar-refractivity contribution in [2.45, 2.75) is 38.5 Å². The fourth-order valence-corrected chi connectivity index (χ4v) is 5.25. The second kappa shape index (κ2) is 10.5. The van der Waals surface area contributed by atoms with Crippen LogP contribution in [0.3, 0.4) is 0 Å². The van der Waals surface area contributed by atoms with E-state index in [1.807, 2.05) is 13.8 Å². The minimum atomic E-state index is -4.51. The van der Waals surface area contributed by atoms with Crippen LogP contribution in [0.4, 0.5) is 18.3 Å². The van der Waals surface area contributed by atoms with E-state index in [4.69, 9.17) is 18.9 Å². The molecule has 0 atom stereocenters. The molecular weight excluding hydrogens is 513 g/mol. The topological polar surface area (TPSA) is 105 Å². The molecule has 0 bridgehead atoms. The molecule has 1 N–H and O–H groups in total. The summed E-state index contributed by atoms with van der Waals surface area (Å²) in [6, 6.07) is 3.32. The Hall–Kier alpha value is -3.45. The molecule has 0 unspecified atom stereocenters. The number of hydrogen-bond acceptors (Lipinski definition) is 9. The van der Waals surface area contributed by atoms with Crippen molar-refractivity contribution in [3.8, 4) is 28.8 Å². The fourth-order valence-electron chi connectivity index (χ4n) is 4.01. The molecule has 1 aliphatic rings. The first-order chi connectivity index (χ1) is 17.7. The lowest BCUT2D eigenvalue weighted by atomic mass is 9.89. The molecule has 3 aromatic rings. The van der Waals surface area contributed by atoms with Gasteiger partial charge in [-0.25, -0.2) is 15.0 Å². The second-order valence-electron chi connectivity index (χ2n) is 8.07. The average molecular weight is 539 g/mol. The van der Waals surface area contributed by atoms with Crippen LogP contribution in [0.25, 0.3) is 11.3 Å². The number of benzene rings is 1. The molecule has 37 heavy (non-hydrogen) atoms. The number of hydrogen-bond donors (Lipinski definition) is 1. The quantitative estimate of drug-likeness (QED) is 0.366. The highest BCUT2D eigenvalue weighted by Crippen LogP contribution is 2.52. The number of methoxy groups -OCH3 is 2. The maximum absolute atomic E-state index is 13.4. The van der Waals surface area contributed by atoms with Gasteiger partial charge in [-0.1, -0.05) is 25.2 Å². The van der Waals surface area contributed by atoms with Crippen molar-refractivity contribution in [1.29, 1.82) is 0 Å². The molecule has 0 spiro atoms. The van der Waals surface area contributed by atoms with Gasteiger partial charge in [0.1, 0.15) is 24.3 Å². The summed E-state index contributed by atoms with van der Waals surface area (Å²) in [7, 11) is 2.88. The number of alkyl halides is 3. The highest BCUT2D eigenvalue weighted by molar-refractivity contribution is 7.16. The Balaban J connectivity index is 1.73. The Morgan fingerprint density at radius 2 is 1.86 bits per heavy atom. The third kappa shape index (κ3) is 5.05. The van der Waals surface area contributed by atoms with Gasteiger partial charge in [-0.15, -0.1) is 0 Å². The normalized spacial score (nSPS) is 13.8. The van der Waals surface area contributed by atoms with Gasteiger partial charge < -0.3 is 18.9 Å². The van der Waals surface area contributed by atoms with Crippen LogP contribution in [-0.2, 0) is 16.5 Å². The Kier molecular flexibility index (Phi) is 7.55. The fraction of sp³-hybridized carbons (Fsp3) is 0.417. The maximum Gasteiger partial charge on any atom is 0.416 e. The molecule has 2 aromatic heterocycles. The number of carbonyl (C=O) groups is 1. The molecule has 4 rings (SSSR count). The van der Waals surface area contributed by atoms with Crippen LogP contribution in [0.1, 0.15) is 47.5 Å². The van der Waals surface area contributed by atoms with Crippen LogP contribution in [0.2, 0.25) is 0 Å². The molecule has 1 aliphatic heterocycles. The number of amides is 1. The molecule has 9 nitrogen and oxygen atoms in total. The van der Waals surface area contributed by atoms with Crippen LogP contribution < -0.4 is 19.5 Å². The highest BCUT2D eigenvalue weighted by Gasteiger charge is 2.43. The Bertz CT molecular complexity index is 1290. The number of aromatic nitrogens is 3. The van der Waals surface area contributed by atoms with Crippen molar-refractivity contribution >= 4 is 22.4 Å². The first-order valence-electron chi connectivity index (χ1n) is 11.4. The molecule has 0 fully saturated rings. The second-order valence-corrected chi connectivity index (χ2v) is 9.07. The minimum absolute atomic E-state index is 0.00561. The van der Waals surface area contributed by atoms with Crippen molar-refractivity contribution in [2.24, 2.45) is 0 Å². The number of carbonyl (C=O) groups excluding carboxylic acids is 1. The predicted molar refractivity (Wildman–Crippen MR) is 129 cm³/mol. The highest BCUT2D eigenvalue weighted by atomic mass is 32.1. The zero-order chi connectivity index (χ0) is 26.8. The van der Waals surface area contributed by atoms with E-state index >= 15 is 0 Å². The lowest BCUT2D eigenvalue weighted by molar-refractivity contribution is -0.137. The summed E-state index contributed by atoms with van der Waals surface area (Å²) < 4.78 is 62.0. The summed E-state index contributed by atoms with van der Waals surface area (Å²) >= 11 is 1.20. The largest absolute Gasteiger partial charge is 0.481 e. The molecule has 3 heterocycles. The molecule has 0 aliphatic carbocycles. The van der Waals surface area contributed by atoms with Crippen molar-refractivity contribution in [1.82, 2.24) is 15.0 Å². The smallest absolute Gasteiger partial charge is 0.416 e. The van der Waals surface area contributed by atoms with Crippen LogP contribution in [0.15, 0.2) is 24.5 Å². The van der Waals surface area contributed by atoms with Gasteiger partial charge >= 0.3 is 6.18 Å². The summed E-state index contributed by atoms with van der Waals surface area (Å²) in [5.74, 6) is -0.511. The molecular formula is C24H25F3N4O5S. The maximum atomic E-state index is 13.4. The van der Waals surface area contributed by atoms with Gasteiger partial charge in [0.05, 0.1) is 29.9 Å². The molecule has 0 saturated carbocycles. The van der Waals surface area contributed by atoms with E-state index in [2.05, 4.69) is 20.3 Å². The molecule has 0 radical (unpaired) electrons. The number of halogens is 3. The van der Waals surface area contributed by atoms with Gasteiger partial charge in [0, 0.05) is 12.7 Å². The first-order valence-corrected chi connectivity index (χ1v) is 12.2. The SMILES string of the molecule is CCC1(CC)Oc2cc(C(F)(F)F)ccc2-c2nc(NC(=O)c3c(OC)ncnc3OCCOC)sc21. The Morgan fingerprint density at radius 3 is 2.51 bits per heavy atom. The van der Waals surface area contributed by atoms with Crippen LogP contribution in [0.5, 0.6) is 17.5 Å². The van der Waals surface area contributed by atoms with Gasteiger partial charge in [-0.2, -0.15) is 13.2 Å². The third-order valence-corrected chi connectivity index (χ3v) is 7.15. The summed E-state index contributed by atoms with van der Waals surface area (Å²) in [5, 5.41) is 2.96. The van der Waals surface area contributed by atoms with Crippen molar-refractivity contribution in [3.63, 3.8) is 0 Å². The zero-order valence-electron chi connectivity index (χ0n) is 20.6. The molecule has 13 heteroatoms. The lowest BCUT2D eigenvalue weighted by Crippen LogP contribution is -2.34. The predicted octanol–water partition coefficient (Wildman–Crippen LogP) is 5.31. The number of rotatable bonds is 9. The van der Waals surface area contributed by atoms with E-state index in [-0.39, 0.29) is 41.4 Å². The number of anilines is 1. The van der Waals surface area contributed by atoms with Crippen molar-refractivity contribution in [2.75, 3.05) is 32.8 Å². The monoisotopic (exact) mass is 538 g/mol. The number of thiazole rings is 1. The number of nitrogens with one attached hydrogen (secondary N) is 1. The lowest BCUT2D eigenvalue weighted by Gasteiger charge is -2.36. The molecule has 0 saturated heterocycles. The summed E-state index contributed by atoms with van der Waals surface area (Å²) in [6.07, 6.45) is -2.33. The number of fused-ring (bicyclic) bond motifs is 3. The van der Waals surface area contributed by atoms with E-state index in [1.54, 1.807) is 0 Å². The first kappa shape index (κ1) is 26.6. The summed E-state index contributed by atoms with van der Waals surface area (Å²) in [5.41, 5.74) is -0.849. The van der Waals surface area contributed by atoms with Gasteiger partial charge in [-0.05, 0) is 31.0 Å². The molecule has 1 aromatic carbocycles. The van der Waals surface area contributed by atoms with E-state index in [0.717, 1.165) is 12.1 Å². The van der Waals surface area contributed by atoms with Gasteiger partial charge in [0.25, 0.3) is 5.91 Å². The van der Waals surface area contributed by atoms with Crippen molar-refractivity contribution < 1.29 is 36.9 Å². The standard InChI is InChI=1S/C24H25F3N4O5S/c1-5-23(6-2)18-17(14-8-7-13(24(25,26)27)11-15(14)36-23)30-22(37-18)31-19(32)16-20(34-4)28-12-29-21(16)35-10-9-33-3/h7-8,11-12H,5-6,9-10H2,1-4H3,(H,30,31,32). The van der Waals surface area contributed by atoms with E-state index in [9.17, 15) is 18.0 Å². The number of ether oxygens (including phenoxy) is 4. The van der Waals surface area contributed by atoms with Gasteiger partial charge in [-0.3, -0.25) is 10.1 Å². The van der Waals surface area contributed by atoms with E-state index in [1.165, 1.54) is 38.0 Å². The van der Waals surface area contributed by atoms with Crippen molar-refractivity contribution in [3.05, 3.63) is 40.5 Å². The third-order valence-electron chi connectivity index (χ3n) is 6.00. The van der Waals surface area contributed by atoms with Crippen LogP contribution in [-0.4, -0.2) is 48.3 Å². The number of nitrogens with zero attached hydrogens (tertiary/aromatic N) is 3. The van der Waals surface area contributed by atoms with Gasteiger partial charge in [0.15, 0.2) is 10.7 Å². The Morgan fingerprint density at radius 1 is 1.14 bits per heavy atom. The zero-order valence-corrected chi connectivity index (χ0v) is 21.4.